The summed E-state index contributed by atoms with van der Waals surface area (Å²) in [6, 6.07) is 6.88. The molecule has 0 radical (unpaired) electrons. The first-order valence-electron chi connectivity index (χ1n) is 5.28. The van der Waals surface area contributed by atoms with Gasteiger partial charge in [0.05, 0.1) is 4.90 Å². The summed E-state index contributed by atoms with van der Waals surface area (Å²) in [5.74, 6) is 0.582. The van der Waals surface area contributed by atoms with E-state index in [2.05, 4.69) is 0 Å². The first-order chi connectivity index (χ1) is 7.47. The molecule has 16 heavy (non-hydrogen) atoms. The Labute approximate surface area is 95.4 Å². The number of benzene rings is 1. The van der Waals surface area contributed by atoms with Crippen molar-refractivity contribution in [3.63, 3.8) is 0 Å². The van der Waals surface area contributed by atoms with Crippen LogP contribution in [0.15, 0.2) is 29.2 Å². The fraction of sp³-hybridized carbons (Fsp3) is 0.417. The molecule has 0 heterocycles. The van der Waals surface area contributed by atoms with E-state index in [0.717, 1.165) is 12.0 Å². The lowest BCUT2D eigenvalue weighted by molar-refractivity contribution is -0.117. The molecule has 0 unspecified atom stereocenters. The average molecular weight is 238 g/mol. The van der Waals surface area contributed by atoms with Crippen molar-refractivity contribution < 1.29 is 13.2 Å². The summed E-state index contributed by atoms with van der Waals surface area (Å²) in [5.41, 5.74) is 1.07. The Morgan fingerprint density at radius 3 is 2.25 bits per heavy atom. The molecule has 86 valence electrons. The SMILES string of the molecule is CS(=O)(=O)c1ccc([C@H]2CCC(=O)C2)cc1. The van der Waals surface area contributed by atoms with Crippen molar-refractivity contribution in [1.82, 2.24) is 0 Å². The van der Waals surface area contributed by atoms with Crippen LogP contribution in [0.25, 0.3) is 0 Å². The number of ketones is 1. The monoisotopic (exact) mass is 238 g/mol. The number of hydrogen-bond acceptors (Lipinski definition) is 3. The molecule has 1 saturated carbocycles. The predicted octanol–water partition coefficient (Wildman–Crippen LogP) is 1.93. The van der Waals surface area contributed by atoms with E-state index in [1.165, 1.54) is 6.26 Å². The van der Waals surface area contributed by atoms with E-state index >= 15 is 0 Å². The fourth-order valence-electron chi connectivity index (χ4n) is 2.09. The van der Waals surface area contributed by atoms with Gasteiger partial charge in [-0.15, -0.1) is 0 Å². The molecule has 1 aliphatic rings. The first-order valence-corrected chi connectivity index (χ1v) is 7.17. The van der Waals surface area contributed by atoms with E-state index in [4.69, 9.17) is 0 Å². The molecule has 3 nitrogen and oxygen atoms in total. The van der Waals surface area contributed by atoms with Crippen LogP contribution in [0.3, 0.4) is 0 Å². The van der Waals surface area contributed by atoms with E-state index in [1.807, 2.05) is 12.1 Å². The van der Waals surface area contributed by atoms with Gasteiger partial charge in [-0.05, 0) is 30.0 Å². The maximum Gasteiger partial charge on any atom is 0.175 e. The summed E-state index contributed by atoms with van der Waals surface area (Å²) in [6.07, 6.45) is 3.33. The van der Waals surface area contributed by atoms with E-state index in [1.54, 1.807) is 12.1 Å². The Hall–Kier alpha value is -1.16. The van der Waals surface area contributed by atoms with Gasteiger partial charge in [-0.3, -0.25) is 4.79 Å². The molecule has 1 aromatic rings. The predicted molar refractivity (Wildman–Crippen MR) is 61.2 cm³/mol. The quantitative estimate of drug-likeness (QED) is 0.791. The van der Waals surface area contributed by atoms with Crippen LogP contribution in [-0.4, -0.2) is 20.5 Å². The Morgan fingerprint density at radius 2 is 1.81 bits per heavy atom. The molecule has 0 bridgehead atoms. The molecule has 2 rings (SSSR count). The Balaban J connectivity index is 2.23. The zero-order valence-electron chi connectivity index (χ0n) is 9.14. The minimum absolute atomic E-state index is 0.279. The number of rotatable bonds is 2. The molecule has 1 aromatic carbocycles. The molecule has 1 atom stereocenters. The summed E-state index contributed by atoms with van der Waals surface area (Å²) in [5, 5.41) is 0. The molecule has 0 spiro atoms. The van der Waals surface area contributed by atoms with Gasteiger partial charge in [0.15, 0.2) is 9.84 Å². The third-order valence-electron chi connectivity index (χ3n) is 3.03. The standard InChI is InChI=1S/C12H14O3S/c1-16(14,15)12-6-3-9(4-7-12)10-2-5-11(13)8-10/h3-4,6-7,10H,2,5,8H2,1H3/t10-/m0/s1. The normalized spacial score (nSPS) is 21.3. The molecular formula is C12H14O3S. The van der Waals surface area contributed by atoms with Gasteiger partial charge in [-0.25, -0.2) is 8.42 Å². The van der Waals surface area contributed by atoms with Crippen LogP contribution in [-0.2, 0) is 14.6 Å². The van der Waals surface area contributed by atoms with Crippen molar-refractivity contribution in [3.05, 3.63) is 29.8 Å². The van der Waals surface area contributed by atoms with Crippen LogP contribution in [0.1, 0.15) is 30.7 Å². The molecule has 0 amide bonds. The van der Waals surface area contributed by atoms with Gasteiger partial charge >= 0.3 is 0 Å². The molecular weight excluding hydrogens is 224 g/mol. The molecule has 0 saturated heterocycles. The summed E-state index contributed by atoms with van der Waals surface area (Å²) >= 11 is 0. The van der Waals surface area contributed by atoms with Crippen LogP contribution < -0.4 is 0 Å². The highest BCUT2D eigenvalue weighted by molar-refractivity contribution is 7.90. The number of carbonyl (C=O) groups excluding carboxylic acids is 1. The lowest BCUT2D eigenvalue weighted by atomic mass is 9.98. The lowest BCUT2D eigenvalue weighted by Crippen LogP contribution is -1.99. The topological polar surface area (TPSA) is 51.2 Å². The first kappa shape index (κ1) is 11.3. The zero-order chi connectivity index (χ0) is 11.8. The van der Waals surface area contributed by atoms with Crippen molar-refractivity contribution in [3.8, 4) is 0 Å². The van der Waals surface area contributed by atoms with Gasteiger partial charge in [-0.1, -0.05) is 12.1 Å². The van der Waals surface area contributed by atoms with Gasteiger partial charge in [0, 0.05) is 19.1 Å². The van der Waals surface area contributed by atoms with Gasteiger partial charge in [0.1, 0.15) is 5.78 Å². The summed E-state index contributed by atoms with van der Waals surface area (Å²) < 4.78 is 22.5. The number of carbonyl (C=O) groups is 1. The number of hydrogen-bond donors (Lipinski definition) is 0. The number of sulfone groups is 1. The largest absolute Gasteiger partial charge is 0.300 e. The van der Waals surface area contributed by atoms with E-state index in [-0.39, 0.29) is 5.92 Å². The second-order valence-corrected chi connectivity index (χ2v) is 6.34. The zero-order valence-corrected chi connectivity index (χ0v) is 9.96. The van der Waals surface area contributed by atoms with Gasteiger partial charge in [-0.2, -0.15) is 0 Å². The lowest BCUT2D eigenvalue weighted by Gasteiger charge is -2.08. The van der Waals surface area contributed by atoms with Crippen LogP contribution in [0.2, 0.25) is 0 Å². The van der Waals surface area contributed by atoms with Crippen LogP contribution >= 0.6 is 0 Å². The molecule has 0 aliphatic heterocycles. The average Bonchev–Trinajstić information content (AvgIpc) is 2.64. The molecule has 0 aromatic heterocycles. The van der Waals surface area contributed by atoms with Crippen molar-refractivity contribution in [2.45, 2.75) is 30.1 Å². The Kier molecular flexibility index (Phi) is 2.84. The summed E-state index contributed by atoms with van der Waals surface area (Å²) in [7, 11) is -3.12. The van der Waals surface area contributed by atoms with Crippen LogP contribution in [0.4, 0.5) is 0 Å². The van der Waals surface area contributed by atoms with E-state index in [9.17, 15) is 13.2 Å². The van der Waals surface area contributed by atoms with Crippen molar-refractivity contribution in [2.24, 2.45) is 0 Å². The summed E-state index contributed by atoms with van der Waals surface area (Å²) in [4.78, 5) is 11.5. The summed E-state index contributed by atoms with van der Waals surface area (Å²) in [6.45, 7) is 0. The van der Waals surface area contributed by atoms with E-state index in [0.29, 0.717) is 23.5 Å². The third-order valence-corrected chi connectivity index (χ3v) is 4.15. The molecule has 1 fully saturated rings. The second kappa shape index (κ2) is 4.01. The second-order valence-electron chi connectivity index (χ2n) is 4.32. The fourth-order valence-corrected chi connectivity index (χ4v) is 2.72. The van der Waals surface area contributed by atoms with Crippen LogP contribution in [0, 0.1) is 0 Å². The van der Waals surface area contributed by atoms with Gasteiger partial charge in [0.25, 0.3) is 0 Å². The Bertz CT molecular complexity index is 500. The third kappa shape index (κ3) is 2.32. The van der Waals surface area contributed by atoms with Gasteiger partial charge < -0.3 is 0 Å². The molecule has 4 heteroatoms. The van der Waals surface area contributed by atoms with Crippen molar-refractivity contribution >= 4 is 15.6 Å². The maximum atomic E-state index is 11.3. The minimum atomic E-state index is -3.12. The highest BCUT2D eigenvalue weighted by Gasteiger charge is 2.23. The van der Waals surface area contributed by atoms with Crippen molar-refractivity contribution in [1.29, 1.82) is 0 Å². The van der Waals surface area contributed by atoms with Crippen molar-refractivity contribution in [2.75, 3.05) is 6.26 Å². The molecule has 0 N–H and O–H groups in total. The Morgan fingerprint density at radius 1 is 1.19 bits per heavy atom. The minimum Gasteiger partial charge on any atom is -0.300 e. The van der Waals surface area contributed by atoms with Crippen LogP contribution in [0.5, 0.6) is 0 Å². The molecule has 1 aliphatic carbocycles. The highest BCUT2D eigenvalue weighted by Crippen LogP contribution is 2.32. The van der Waals surface area contributed by atoms with E-state index < -0.39 is 9.84 Å². The maximum absolute atomic E-state index is 11.3. The number of Topliss-reactive ketones (excluding diaryl/α,β-unsaturated/α-hetero) is 1. The van der Waals surface area contributed by atoms with Gasteiger partial charge in [0.2, 0.25) is 0 Å². The highest BCUT2D eigenvalue weighted by atomic mass is 32.2. The smallest absolute Gasteiger partial charge is 0.175 e.